The van der Waals surface area contributed by atoms with E-state index in [-0.39, 0.29) is 16.8 Å². The maximum Gasteiger partial charge on any atom is 0.254 e. The van der Waals surface area contributed by atoms with Crippen molar-refractivity contribution in [2.24, 2.45) is 0 Å². The number of nitrogens with zero attached hydrogens (tertiary/aromatic N) is 1. The highest BCUT2D eigenvalue weighted by atomic mass is 35.5. The molecule has 0 aliphatic rings. The number of benzene rings is 2. The first kappa shape index (κ1) is 18.5. The van der Waals surface area contributed by atoms with Gasteiger partial charge in [0.15, 0.2) is 9.84 Å². The van der Waals surface area contributed by atoms with Crippen molar-refractivity contribution in [3.05, 3.63) is 64.7 Å². The monoisotopic (exact) mass is 365 g/mol. The lowest BCUT2D eigenvalue weighted by molar-refractivity contribution is 0.0690. The van der Waals surface area contributed by atoms with Gasteiger partial charge in [-0.25, -0.2) is 8.42 Å². The largest absolute Gasteiger partial charge is 0.332 e. The van der Waals surface area contributed by atoms with Crippen LogP contribution < -0.4 is 0 Å². The highest BCUT2D eigenvalue weighted by Crippen LogP contribution is 2.18. The number of amides is 1. The number of hydrogen-bond acceptors (Lipinski definition) is 3. The number of carbonyl (C=O) groups excluding carboxylic acids is 1. The summed E-state index contributed by atoms with van der Waals surface area (Å²) in [5.74, 6) is -0.148. The van der Waals surface area contributed by atoms with Crippen molar-refractivity contribution in [3.63, 3.8) is 0 Å². The van der Waals surface area contributed by atoms with Gasteiger partial charge >= 0.3 is 0 Å². The average Bonchev–Trinajstić information content (AvgIpc) is 2.51. The van der Waals surface area contributed by atoms with Crippen LogP contribution in [0.25, 0.3) is 0 Å². The first-order valence-electron chi connectivity index (χ1n) is 7.54. The van der Waals surface area contributed by atoms with Gasteiger partial charge in [0, 0.05) is 29.4 Å². The molecule has 0 N–H and O–H groups in total. The van der Waals surface area contributed by atoms with Crippen LogP contribution in [-0.2, 0) is 16.4 Å². The molecule has 6 heteroatoms. The fourth-order valence-corrected chi connectivity index (χ4v) is 3.17. The fraction of sp³-hybridized carbons (Fsp3) is 0.278. The van der Waals surface area contributed by atoms with Crippen molar-refractivity contribution in [1.29, 1.82) is 0 Å². The highest BCUT2D eigenvalue weighted by Gasteiger charge is 2.20. The third kappa shape index (κ3) is 4.58. The van der Waals surface area contributed by atoms with Crippen LogP contribution in [0.5, 0.6) is 0 Å². The molecule has 0 aromatic heterocycles. The van der Waals surface area contributed by atoms with Gasteiger partial charge in [-0.15, -0.1) is 0 Å². The van der Waals surface area contributed by atoms with Crippen LogP contribution in [-0.4, -0.2) is 31.5 Å². The smallest absolute Gasteiger partial charge is 0.254 e. The number of hydrogen-bond donors (Lipinski definition) is 0. The SMILES string of the molecule is CC(C)N(Cc1cccc(Cl)c1)C(=O)c1ccc(S(C)(=O)=O)cc1. The Morgan fingerprint density at radius 1 is 1.12 bits per heavy atom. The summed E-state index contributed by atoms with van der Waals surface area (Å²) in [6.45, 7) is 4.31. The van der Waals surface area contributed by atoms with Gasteiger partial charge in [0.25, 0.3) is 5.91 Å². The zero-order valence-corrected chi connectivity index (χ0v) is 15.4. The average molecular weight is 366 g/mol. The Kier molecular flexibility index (Phi) is 5.67. The molecule has 0 heterocycles. The van der Waals surface area contributed by atoms with Crippen molar-refractivity contribution in [2.75, 3.05) is 6.26 Å². The zero-order valence-electron chi connectivity index (χ0n) is 13.9. The molecule has 0 saturated heterocycles. The van der Waals surface area contributed by atoms with E-state index >= 15 is 0 Å². The summed E-state index contributed by atoms with van der Waals surface area (Å²) in [7, 11) is -3.27. The molecule has 0 radical (unpaired) electrons. The molecule has 0 fully saturated rings. The first-order valence-corrected chi connectivity index (χ1v) is 9.81. The van der Waals surface area contributed by atoms with Crippen LogP contribution in [0.4, 0.5) is 0 Å². The van der Waals surface area contributed by atoms with Crippen molar-refractivity contribution < 1.29 is 13.2 Å². The van der Waals surface area contributed by atoms with Gasteiger partial charge in [-0.2, -0.15) is 0 Å². The van der Waals surface area contributed by atoms with E-state index in [2.05, 4.69) is 0 Å². The molecule has 0 unspecified atom stereocenters. The van der Waals surface area contributed by atoms with Crippen LogP contribution in [0, 0.1) is 0 Å². The van der Waals surface area contributed by atoms with Crippen LogP contribution in [0.15, 0.2) is 53.4 Å². The lowest BCUT2D eigenvalue weighted by Crippen LogP contribution is -2.36. The van der Waals surface area contributed by atoms with Crippen LogP contribution >= 0.6 is 11.6 Å². The van der Waals surface area contributed by atoms with Gasteiger partial charge in [0.2, 0.25) is 0 Å². The predicted molar refractivity (Wildman–Crippen MR) is 96.0 cm³/mol. The first-order chi connectivity index (χ1) is 11.2. The van der Waals surface area contributed by atoms with Crippen LogP contribution in [0.2, 0.25) is 5.02 Å². The lowest BCUT2D eigenvalue weighted by Gasteiger charge is -2.27. The second-order valence-electron chi connectivity index (χ2n) is 5.95. The summed E-state index contributed by atoms with van der Waals surface area (Å²) in [6.07, 6.45) is 1.14. The zero-order chi connectivity index (χ0) is 17.9. The normalized spacial score (nSPS) is 11.5. The van der Waals surface area contributed by atoms with E-state index in [0.717, 1.165) is 11.8 Å². The van der Waals surface area contributed by atoms with Crippen molar-refractivity contribution >= 4 is 27.3 Å². The second-order valence-corrected chi connectivity index (χ2v) is 8.41. The van der Waals surface area contributed by atoms with Crippen LogP contribution in [0.3, 0.4) is 0 Å². The van der Waals surface area contributed by atoms with E-state index < -0.39 is 9.84 Å². The minimum Gasteiger partial charge on any atom is -0.332 e. The Morgan fingerprint density at radius 2 is 1.75 bits per heavy atom. The number of halogens is 1. The summed E-state index contributed by atoms with van der Waals surface area (Å²) in [4.78, 5) is 14.7. The molecule has 0 spiro atoms. The molecule has 0 bridgehead atoms. The molecule has 2 rings (SSSR count). The van der Waals surface area contributed by atoms with Gasteiger partial charge in [-0.05, 0) is 55.8 Å². The standard InChI is InChI=1S/C18H20ClNO3S/c1-13(2)20(12-14-5-4-6-16(19)11-14)18(21)15-7-9-17(10-8-15)24(3,22)23/h4-11,13H,12H2,1-3H3. The number of rotatable bonds is 5. The van der Waals surface area contributed by atoms with Gasteiger partial charge < -0.3 is 4.90 Å². The highest BCUT2D eigenvalue weighted by molar-refractivity contribution is 7.90. The molecular formula is C18H20ClNO3S. The summed E-state index contributed by atoms with van der Waals surface area (Å²) in [5, 5.41) is 0.626. The summed E-state index contributed by atoms with van der Waals surface area (Å²) < 4.78 is 23.0. The van der Waals surface area contributed by atoms with Crippen LogP contribution in [0.1, 0.15) is 29.8 Å². The molecule has 0 atom stereocenters. The molecular weight excluding hydrogens is 346 g/mol. The molecule has 1 amide bonds. The Hall–Kier alpha value is -1.85. The minimum atomic E-state index is -3.27. The Morgan fingerprint density at radius 3 is 2.25 bits per heavy atom. The van der Waals surface area contributed by atoms with E-state index in [1.165, 1.54) is 12.1 Å². The maximum atomic E-state index is 12.8. The number of carbonyl (C=O) groups is 1. The van der Waals surface area contributed by atoms with Gasteiger partial charge in [-0.1, -0.05) is 23.7 Å². The van der Waals surface area contributed by atoms with E-state index in [1.807, 2.05) is 32.0 Å². The van der Waals surface area contributed by atoms with Gasteiger partial charge in [0.1, 0.15) is 0 Å². The van der Waals surface area contributed by atoms with Crippen molar-refractivity contribution in [1.82, 2.24) is 4.90 Å². The van der Waals surface area contributed by atoms with E-state index in [0.29, 0.717) is 17.1 Å². The molecule has 0 aliphatic heterocycles. The number of sulfone groups is 1. The van der Waals surface area contributed by atoms with E-state index in [4.69, 9.17) is 11.6 Å². The van der Waals surface area contributed by atoms with E-state index in [1.54, 1.807) is 23.1 Å². The van der Waals surface area contributed by atoms with Gasteiger partial charge in [0.05, 0.1) is 4.90 Å². The fourth-order valence-electron chi connectivity index (χ4n) is 2.33. The predicted octanol–water partition coefficient (Wildman–Crippen LogP) is 3.79. The summed E-state index contributed by atoms with van der Waals surface area (Å²) in [6, 6.07) is 13.4. The molecule has 0 saturated carbocycles. The molecule has 24 heavy (non-hydrogen) atoms. The lowest BCUT2D eigenvalue weighted by atomic mass is 10.1. The van der Waals surface area contributed by atoms with Crippen molar-refractivity contribution in [3.8, 4) is 0 Å². The topological polar surface area (TPSA) is 54.5 Å². The minimum absolute atomic E-state index is 0.00827. The maximum absolute atomic E-state index is 12.8. The summed E-state index contributed by atoms with van der Waals surface area (Å²) >= 11 is 6.00. The quantitative estimate of drug-likeness (QED) is 0.809. The summed E-state index contributed by atoms with van der Waals surface area (Å²) in [5.41, 5.74) is 1.40. The molecule has 2 aromatic rings. The molecule has 2 aromatic carbocycles. The Labute approximate surface area is 148 Å². The third-order valence-corrected chi connectivity index (χ3v) is 5.02. The van der Waals surface area contributed by atoms with Gasteiger partial charge in [-0.3, -0.25) is 4.79 Å². The molecule has 4 nitrogen and oxygen atoms in total. The van der Waals surface area contributed by atoms with E-state index in [9.17, 15) is 13.2 Å². The van der Waals surface area contributed by atoms with Crippen molar-refractivity contribution in [2.45, 2.75) is 31.3 Å². The molecule has 0 aliphatic carbocycles. The molecule has 128 valence electrons. The second kappa shape index (κ2) is 7.36. The Bertz CT molecular complexity index is 830. The third-order valence-electron chi connectivity index (χ3n) is 3.66. The Balaban J connectivity index is 2.26.